The van der Waals surface area contributed by atoms with Crippen molar-refractivity contribution in [1.82, 2.24) is 15.0 Å². The van der Waals surface area contributed by atoms with Gasteiger partial charge in [0.1, 0.15) is 11.5 Å². The highest BCUT2D eigenvalue weighted by atomic mass is 16.7. The van der Waals surface area contributed by atoms with Crippen LogP contribution in [0.3, 0.4) is 0 Å². The molecular formula is C31H31N3O5. The number of nitrogens with zero attached hydrogens (tertiary/aromatic N) is 3. The number of benzene rings is 3. The SMILES string of the molecule is CCC(OC(=O)/C(C)=C/O)Oc1ccc(-c2nc(-c3ccc(C)cc3)nc(-c3ccc(C)cc3)n2)c(O)c1C. The molecule has 0 bridgehead atoms. The van der Waals surface area contributed by atoms with Gasteiger partial charge in [-0.3, -0.25) is 0 Å². The molecule has 1 unspecified atom stereocenters. The third kappa shape index (κ3) is 6.23. The Kier molecular flexibility index (Phi) is 8.24. The lowest BCUT2D eigenvalue weighted by molar-refractivity contribution is -0.159. The Morgan fingerprint density at radius 2 is 1.36 bits per heavy atom. The molecule has 3 aromatic carbocycles. The van der Waals surface area contributed by atoms with E-state index in [9.17, 15) is 9.90 Å². The van der Waals surface area contributed by atoms with Crippen LogP contribution in [-0.2, 0) is 9.53 Å². The summed E-state index contributed by atoms with van der Waals surface area (Å²) in [6, 6.07) is 19.1. The highest BCUT2D eigenvalue weighted by Gasteiger charge is 2.21. The average Bonchev–Trinajstić information content (AvgIpc) is 2.95. The van der Waals surface area contributed by atoms with Crippen LogP contribution in [0, 0.1) is 20.8 Å². The maximum Gasteiger partial charge on any atom is 0.339 e. The zero-order chi connectivity index (χ0) is 28.1. The van der Waals surface area contributed by atoms with Gasteiger partial charge >= 0.3 is 5.97 Å². The smallest absolute Gasteiger partial charge is 0.339 e. The fourth-order valence-corrected chi connectivity index (χ4v) is 3.75. The molecule has 8 nitrogen and oxygen atoms in total. The van der Waals surface area contributed by atoms with E-state index < -0.39 is 12.3 Å². The number of aromatic nitrogens is 3. The first-order valence-corrected chi connectivity index (χ1v) is 12.6. The lowest BCUT2D eigenvalue weighted by Gasteiger charge is -2.20. The van der Waals surface area contributed by atoms with Gasteiger partial charge in [-0.1, -0.05) is 66.6 Å². The van der Waals surface area contributed by atoms with Crippen molar-refractivity contribution in [1.29, 1.82) is 0 Å². The number of phenols is 1. The molecule has 4 aromatic rings. The van der Waals surface area contributed by atoms with E-state index in [2.05, 4.69) is 0 Å². The van der Waals surface area contributed by atoms with Gasteiger partial charge in [0.15, 0.2) is 17.5 Å². The molecule has 0 aliphatic heterocycles. The zero-order valence-electron chi connectivity index (χ0n) is 22.6. The van der Waals surface area contributed by atoms with Gasteiger partial charge in [0.2, 0.25) is 6.29 Å². The summed E-state index contributed by atoms with van der Waals surface area (Å²) in [6.45, 7) is 8.96. The molecule has 4 rings (SSSR count). The maximum atomic E-state index is 12.1. The number of hydrogen-bond donors (Lipinski definition) is 2. The van der Waals surface area contributed by atoms with E-state index in [1.807, 2.05) is 62.4 Å². The highest BCUT2D eigenvalue weighted by molar-refractivity contribution is 5.87. The van der Waals surface area contributed by atoms with Crippen molar-refractivity contribution in [2.24, 2.45) is 0 Å². The van der Waals surface area contributed by atoms with Crippen LogP contribution in [0.4, 0.5) is 0 Å². The lowest BCUT2D eigenvalue weighted by Crippen LogP contribution is -2.24. The van der Waals surface area contributed by atoms with Crippen molar-refractivity contribution in [3.8, 4) is 45.7 Å². The first kappa shape index (κ1) is 27.3. The van der Waals surface area contributed by atoms with Crippen LogP contribution in [0.1, 0.15) is 37.0 Å². The quantitative estimate of drug-likeness (QED) is 0.114. The average molecular weight is 526 g/mol. The van der Waals surface area contributed by atoms with Gasteiger partial charge in [0.25, 0.3) is 0 Å². The highest BCUT2D eigenvalue weighted by Crippen LogP contribution is 2.37. The van der Waals surface area contributed by atoms with E-state index in [0.29, 0.717) is 47.0 Å². The molecule has 39 heavy (non-hydrogen) atoms. The number of carbonyl (C=O) groups is 1. The van der Waals surface area contributed by atoms with Crippen LogP contribution >= 0.6 is 0 Å². The standard InChI is InChI=1S/C31H31N3O5/c1-6-26(39-31(37)20(4)17-35)38-25-16-15-24(27(36)21(25)5)30-33-28(22-11-7-18(2)8-12-22)32-29(34-30)23-13-9-19(3)10-14-23/h7-17,26,35-36H,6H2,1-5H3/b20-17+. The summed E-state index contributed by atoms with van der Waals surface area (Å²) in [7, 11) is 0. The molecule has 0 aliphatic rings. The van der Waals surface area contributed by atoms with Crippen LogP contribution in [0.25, 0.3) is 34.2 Å². The molecular weight excluding hydrogens is 494 g/mol. The summed E-state index contributed by atoms with van der Waals surface area (Å²) < 4.78 is 11.2. The summed E-state index contributed by atoms with van der Waals surface area (Å²) >= 11 is 0. The second kappa shape index (κ2) is 11.8. The van der Waals surface area contributed by atoms with Crippen molar-refractivity contribution < 1.29 is 24.5 Å². The van der Waals surface area contributed by atoms with E-state index in [1.54, 1.807) is 26.0 Å². The molecule has 0 saturated carbocycles. The Morgan fingerprint density at radius 1 is 0.846 bits per heavy atom. The summed E-state index contributed by atoms with van der Waals surface area (Å²) in [5.74, 6) is 0.867. The van der Waals surface area contributed by atoms with Gasteiger partial charge in [-0.2, -0.15) is 0 Å². The number of aliphatic hydroxyl groups is 1. The minimum atomic E-state index is -0.908. The summed E-state index contributed by atoms with van der Waals surface area (Å²) in [5.41, 5.74) is 4.79. The normalized spacial score (nSPS) is 12.2. The number of aryl methyl sites for hydroxylation is 2. The van der Waals surface area contributed by atoms with Crippen molar-refractivity contribution in [3.63, 3.8) is 0 Å². The Balaban J connectivity index is 1.75. The number of aliphatic hydroxyl groups excluding tert-OH is 1. The van der Waals surface area contributed by atoms with Crippen LogP contribution < -0.4 is 4.74 Å². The number of esters is 1. The van der Waals surface area contributed by atoms with E-state index in [4.69, 9.17) is 29.5 Å². The number of carbonyl (C=O) groups excluding carboxylic acids is 1. The molecule has 0 fully saturated rings. The first-order chi connectivity index (χ1) is 18.7. The van der Waals surface area contributed by atoms with Crippen molar-refractivity contribution in [3.05, 3.63) is 89.2 Å². The summed E-state index contributed by atoms with van der Waals surface area (Å²) in [6.07, 6.45) is 0.139. The maximum absolute atomic E-state index is 12.1. The van der Waals surface area contributed by atoms with Crippen molar-refractivity contribution in [2.45, 2.75) is 47.3 Å². The van der Waals surface area contributed by atoms with Crippen LogP contribution in [0.15, 0.2) is 72.5 Å². The number of phenolic OH excluding ortho intramolecular Hbond substituents is 1. The Bertz CT molecular complexity index is 1450. The molecule has 1 heterocycles. The third-order valence-corrected chi connectivity index (χ3v) is 6.22. The van der Waals surface area contributed by atoms with Gasteiger partial charge in [-0.15, -0.1) is 0 Å². The number of ether oxygens (including phenoxy) is 2. The van der Waals surface area contributed by atoms with E-state index in [0.717, 1.165) is 22.3 Å². The molecule has 1 atom stereocenters. The van der Waals surface area contributed by atoms with E-state index in [1.165, 1.54) is 6.92 Å². The number of hydrogen-bond acceptors (Lipinski definition) is 8. The second-order valence-corrected chi connectivity index (χ2v) is 9.30. The minimum absolute atomic E-state index is 0.0514. The molecule has 0 spiro atoms. The van der Waals surface area contributed by atoms with Gasteiger partial charge in [0.05, 0.1) is 17.4 Å². The molecule has 0 amide bonds. The van der Waals surface area contributed by atoms with Crippen LogP contribution in [0.2, 0.25) is 0 Å². The number of aromatic hydroxyl groups is 1. The predicted octanol–water partition coefficient (Wildman–Crippen LogP) is 6.62. The van der Waals surface area contributed by atoms with Gasteiger partial charge in [0, 0.05) is 23.1 Å². The van der Waals surface area contributed by atoms with Gasteiger partial charge in [-0.05, 0) is 39.8 Å². The Hall–Kier alpha value is -4.72. The molecule has 0 radical (unpaired) electrons. The van der Waals surface area contributed by atoms with Crippen molar-refractivity contribution >= 4 is 5.97 Å². The van der Waals surface area contributed by atoms with Crippen molar-refractivity contribution in [2.75, 3.05) is 0 Å². The first-order valence-electron chi connectivity index (χ1n) is 12.6. The van der Waals surface area contributed by atoms with Gasteiger partial charge < -0.3 is 19.7 Å². The predicted molar refractivity (Wildman–Crippen MR) is 149 cm³/mol. The summed E-state index contributed by atoms with van der Waals surface area (Å²) in [5, 5.41) is 20.2. The Labute approximate surface area is 227 Å². The Morgan fingerprint density at radius 3 is 1.85 bits per heavy atom. The topological polar surface area (TPSA) is 115 Å². The molecule has 0 aliphatic carbocycles. The zero-order valence-corrected chi connectivity index (χ0v) is 22.6. The lowest BCUT2D eigenvalue weighted by atomic mass is 10.1. The minimum Gasteiger partial charge on any atom is -0.515 e. The monoisotopic (exact) mass is 525 g/mol. The number of rotatable bonds is 8. The molecule has 200 valence electrons. The summed E-state index contributed by atoms with van der Waals surface area (Å²) in [4.78, 5) is 26.2. The molecule has 2 N–H and O–H groups in total. The fraction of sp³-hybridized carbons (Fsp3) is 0.226. The molecule has 1 aromatic heterocycles. The fourth-order valence-electron chi connectivity index (χ4n) is 3.75. The molecule has 0 saturated heterocycles. The van der Waals surface area contributed by atoms with Crippen LogP contribution in [0.5, 0.6) is 11.5 Å². The molecule has 8 heteroatoms. The second-order valence-electron chi connectivity index (χ2n) is 9.30. The van der Waals surface area contributed by atoms with E-state index in [-0.39, 0.29) is 11.3 Å². The van der Waals surface area contributed by atoms with Crippen LogP contribution in [-0.4, -0.2) is 37.4 Å². The van der Waals surface area contributed by atoms with E-state index >= 15 is 0 Å². The van der Waals surface area contributed by atoms with Gasteiger partial charge in [-0.25, -0.2) is 19.7 Å². The largest absolute Gasteiger partial charge is 0.515 e. The third-order valence-electron chi connectivity index (χ3n) is 6.22.